The number of ether oxygens (including phenoxy) is 1. The van der Waals surface area contributed by atoms with Gasteiger partial charge in [0.25, 0.3) is 0 Å². The van der Waals surface area contributed by atoms with Crippen LogP contribution < -0.4 is 5.32 Å². The summed E-state index contributed by atoms with van der Waals surface area (Å²) in [6.45, 7) is 5.40. The fourth-order valence-electron chi connectivity index (χ4n) is 2.18. The number of benzene rings is 1. The number of aliphatic carboxylic acids is 1. The molecule has 2 N–H and O–H groups in total. The Hall–Kier alpha value is -2.39. The van der Waals surface area contributed by atoms with Gasteiger partial charge in [-0.1, -0.05) is 12.1 Å². The highest BCUT2D eigenvalue weighted by Gasteiger charge is 2.21. The fraction of sp³-hybridized carbons (Fsp3) is 0.333. The van der Waals surface area contributed by atoms with Crippen molar-refractivity contribution in [2.45, 2.75) is 48.4 Å². The van der Waals surface area contributed by atoms with Gasteiger partial charge in [-0.2, -0.15) is 0 Å². The SMILES string of the molecule is CC(C)(C)OC(=O)NCc1ccc(S(=O)(=O)c2cccc(CC(=O)O)c2)s1. The summed E-state index contributed by atoms with van der Waals surface area (Å²) in [5.41, 5.74) is -0.207. The zero-order chi connectivity index (χ0) is 20.2. The summed E-state index contributed by atoms with van der Waals surface area (Å²) >= 11 is 1.04. The van der Waals surface area contributed by atoms with Crippen molar-refractivity contribution in [2.24, 2.45) is 0 Å². The van der Waals surface area contributed by atoms with Crippen LogP contribution in [0.3, 0.4) is 0 Å². The minimum Gasteiger partial charge on any atom is -0.481 e. The number of hydrogen-bond donors (Lipinski definition) is 2. The zero-order valence-corrected chi connectivity index (χ0v) is 16.8. The largest absolute Gasteiger partial charge is 0.481 e. The van der Waals surface area contributed by atoms with Crippen molar-refractivity contribution in [3.05, 3.63) is 46.8 Å². The minimum atomic E-state index is -3.76. The summed E-state index contributed by atoms with van der Waals surface area (Å²) in [5.74, 6) is -1.03. The van der Waals surface area contributed by atoms with E-state index >= 15 is 0 Å². The monoisotopic (exact) mass is 411 g/mol. The van der Waals surface area contributed by atoms with Gasteiger partial charge in [0, 0.05) is 4.88 Å². The summed E-state index contributed by atoms with van der Waals surface area (Å²) in [7, 11) is -3.76. The molecule has 1 amide bonds. The van der Waals surface area contributed by atoms with Crippen LogP contribution in [0, 0.1) is 0 Å². The standard InChI is InChI=1S/C18H21NO6S2/c1-18(2,3)25-17(22)19-11-13-7-8-16(26-13)27(23,24)14-6-4-5-12(9-14)10-15(20)21/h4-9H,10-11H2,1-3H3,(H,19,22)(H,20,21). The van der Waals surface area contributed by atoms with E-state index in [1.165, 1.54) is 24.3 Å². The van der Waals surface area contributed by atoms with E-state index in [1.807, 2.05) is 0 Å². The molecule has 1 aromatic heterocycles. The van der Waals surface area contributed by atoms with Crippen LogP contribution in [0.1, 0.15) is 31.2 Å². The van der Waals surface area contributed by atoms with Crippen LogP contribution in [0.2, 0.25) is 0 Å². The highest BCUT2D eigenvalue weighted by Crippen LogP contribution is 2.28. The van der Waals surface area contributed by atoms with E-state index in [1.54, 1.807) is 32.9 Å². The van der Waals surface area contributed by atoms with Crippen molar-refractivity contribution in [3.63, 3.8) is 0 Å². The van der Waals surface area contributed by atoms with Gasteiger partial charge >= 0.3 is 12.1 Å². The Morgan fingerprint density at radius 2 is 1.89 bits per heavy atom. The lowest BCUT2D eigenvalue weighted by atomic mass is 10.2. The molecule has 0 radical (unpaired) electrons. The number of nitrogens with one attached hydrogen (secondary N) is 1. The molecule has 7 nitrogen and oxygen atoms in total. The van der Waals surface area contributed by atoms with Gasteiger partial charge in [-0.3, -0.25) is 4.79 Å². The second-order valence-corrected chi connectivity index (χ2v) is 10.1. The average Bonchev–Trinajstić information content (AvgIpc) is 3.00. The van der Waals surface area contributed by atoms with Crippen molar-refractivity contribution < 1.29 is 27.9 Å². The summed E-state index contributed by atoms with van der Waals surface area (Å²) in [4.78, 5) is 23.2. The number of amides is 1. The molecule has 146 valence electrons. The quantitative estimate of drug-likeness (QED) is 0.755. The van der Waals surface area contributed by atoms with Crippen LogP contribution in [0.25, 0.3) is 0 Å². The number of carboxylic acid groups (broad SMARTS) is 1. The molecule has 0 saturated heterocycles. The molecule has 2 rings (SSSR count). The van der Waals surface area contributed by atoms with Gasteiger partial charge in [-0.05, 0) is 50.6 Å². The van der Waals surface area contributed by atoms with E-state index in [4.69, 9.17) is 9.84 Å². The maximum absolute atomic E-state index is 12.8. The number of sulfone groups is 1. The first-order chi connectivity index (χ1) is 12.5. The number of carbonyl (C=O) groups is 2. The maximum Gasteiger partial charge on any atom is 0.407 e. The summed E-state index contributed by atoms with van der Waals surface area (Å²) in [6.07, 6.45) is -0.833. The molecule has 0 aliphatic rings. The molecule has 27 heavy (non-hydrogen) atoms. The van der Waals surface area contributed by atoms with E-state index in [-0.39, 0.29) is 22.1 Å². The van der Waals surface area contributed by atoms with Crippen LogP contribution in [-0.4, -0.2) is 31.2 Å². The lowest BCUT2D eigenvalue weighted by Gasteiger charge is -2.19. The van der Waals surface area contributed by atoms with E-state index in [0.717, 1.165) is 11.3 Å². The number of alkyl carbamates (subject to hydrolysis) is 1. The number of carbonyl (C=O) groups excluding carboxylic acids is 1. The van der Waals surface area contributed by atoms with Crippen molar-refractivity contribution >= 4 is 33.2 Å². The molecule has 1 heterocycles. The molecule has 1 aromatic carbocycles. The second-order valence-electron chi connectivity index (χ2n) is 6.80. The Morgan fingerprint density at radius 1 is 1.19 bits per heavy atom. The van der Waals surface area contributed by atoms with Crippen LogP contribution in [-0.2, 0) is 32.3 Å². The first-order valence-corrected chi connectivity index (χ1v) is 10.4. The molecule has 0 aliphatic heterocycles. The molecule has 0 unspecified atom stereocenters. The predicted octanol–water partition coefficient (Wildman–Crippen LogP) is 3.23. The van der Waals surface area contributed by atoms with Crippen molar-refractivity contribution in [1.82, 2.24) is 5.32 Å². The summed E-state index contributed by atoms with van der Waals surface area (Å²) in [6, 6.07) is 8.97. The molecule has 0 saturated carbocycles. The van der Waals surface area contributed by atoms with Gasteiger partial charge in [0.2, 0.25) is 9.84 Å². The van der Waals surface area contributed by atoms with Gasteiger partial charge < -0.3 is 15.2 Å². The Labute approximate surface area is 161 Å². The van der Waals surface area contributed by atoms with Gasteiger partial charge in [-0.15, -0.1) is 11.3 Å². The van der Waals surface area contributed by atoms with Crippen LogP contribution in [0.4, 0.5) is 4.79 Å². The number of rotatable bonds is 6. The van der Waals surface area contributed by atoms with E-state index in [0.29, 0.717) is 10.4 Å². The first kappa shape index (κ1) is 20.9. The summed E-state index contributed by atoms with van der Waals surface area (Å²) in [5, 5.41) is 11.4. The number of thiophene rings is 1. The smallest absolute Gasteiger partial charge is 0.407 e. The van der Waals surface area contributed by atoms with Crippen molar-refractivity contribution in [2.75, 3.05) is 0 Å². The third kappa shape index (κ3) is 6.07. The third-order valence-corrected chi connectivity index (χ3v) is 6.60. The van der Waals surface area contributed by atoms with E-state index in [2.05, 4.69) is 5.32 Å². The fourth-order valence-corrected chi connectivity index (χ4v) is 4.95. The van der Waals surface area contributed by atoms with Crippen LogP contribution in [0.15, 0.2) is 45.5 Å². The third-order valence-electron chi connectivity index (χ3n) is 3.27. The highest BCUT2D eigenvalue weighted by molar-refractivity contribution is 7.93. The average molecular weight is 412 g/mol. The van der Waals surface area contributed by atoms with Crippen molar-refractivity contribution in [3.8, 4) is 0 Å². The van der Waals surface area contributed by atoms with Crippen molar-refractivity contribution in [1.29, 1.82) is 0 Å². The van der Waals surface area contributed by atoms with Gasteiger partial charge in [0.15, 0.2) is 0 Å². The Balaban J connectivity index is 2.12. The number of carboxylic acids is 1. The maximum atomic E-state index is 12.8. The Morgan fingerprint density at radius 3 is 2.52 bits per heavy atom. The normalized spacial score (nSPS) is 11.8. The van der Waals surface area contributed by atoms with Crippen LogP contribution >= 0.6 is 11.3 Å². The minimum absolute atomic E-state index is 0.0368. The van der Waals surface area contributed by atoms with Crippen LogP contribution in [0.5, 0.6) is 0 Å². The van der Waals surface area contributed by atoms with Gasteiger partial charge in [0.05, 0.1) is 17.9 Å². The molecule has 0 fully saturated rings. The zero-order valence-electron chi connectivity index (χ0n) is 15.2. The molecule has 0 bridgehead atoms. The molecule has 0 aliphatic carbocycles. The molecule has 0 atom stereocenters. The molecule has 9 heteroatoms. The highest BCUT2D eigenvalue weighted by atomic mass is 32.2. The topological polar surface area (TPSA) is 110 Å². The van der Waals surface area contributed by atoms with Gasteiger partial charge in [-0.25, -0.2) is 13.2 Å². The Kier molecular flexibility index (Phi) is 6.27. The van der Waals surface area contributed by atoms with E-state index < -0.39 is 27.5 Å². The first-order valence-electron chi connectivity index (χ1n) is 8.09. The lowest BCUT2D eigenvalue weighted by molar-refractivity contribution is -0.136. The number of hydrogen-bond acceptors (Lipinski definition) is 6. The lowest BCUT2D eigenvalue weighted by Crippen LogP contribution is -2.31. The van der Waals surface area contributed by atoms with E-state index in [9.17, 15) is 18.0 Å². The molecular formula is C18H21NO6S2. The summed E-state index contributed by atoms with van der Waals surface area (Å²) < 4.78 is 30.8. The van der Waals surface area contributed by atoms with Gasteiger partial charge in [0.1, 0.15) is 9.81 Å². The second kappa shape index (κ2) is 8.10. The predicted molar refractivity (Wildman–Crippen MR) is 101 cm³/mol. The molecule has 2 aromatic rings. The molecular weight excluding hydrogens is 390 g/mol. The molecule has 0 spiro atoms. The Bertz CT molecular complexity index is 941.